The fourth-order valence-corrected chi connectivity index (χ4v) is 3.14. The van der Waals surface area contributed by atoms with Gasteiger partial charge >= 0.3 is 0 Å². The van der Waals surface area contributed by atoms with Gasteiger partial charge in [0.2, 0.25) is 5.91 Å². The molecule has 1 aliphatic heterocycles. The van der Waals surface area contributed by atoms with Crippen LogP contribution < -0.4 is 10.6 Å². The van der Waals surface area contributed by atoms with Gasteiger partial charge in [-0.3, -0.25) is 14.7 Å². The Balaban J connectivity index is 1.49. The smallest absolute Gasteiger partial charge is 0.221 e. The van der Waals surface area contributed by atoms with E-state index in [1.165, 1.54) is 6.92 Å². The summed E-state index contributed by atoms with van der Waals surface area (Å²) in [5.74, 6) is 0.820. The maximum Gasteiger partial charge on any atom is 0.221 e. The standard InChI is InChI=1S/C19H26N6O2/c1-15(26)22-17-5-3-4-16(12-17)13-21-19(20-2)25-9-7-24(8-10-25)14-18-6-11-27-23-18/h3-6,11-12H,7-10,13-14H2,1-2H3,(H,20,21)(H,22,26). The summed E-state index contributed by atoms with van der Waals surface area (Å²) in [5, 5.41) is 10.2. The first-order valence-electron chi connectivity index (χ1n) is 9.08. The third-order valence-electron chi connectivity index (χ3n) is 4.46. The number of nitrogens with one attached hydrogen (secondary N) is 2. The number of aromatic nitrogens is 1. The van der Waals surface area contributed by atoms with Crippen molar-refractivity contribution in [3.8, 4) is 0 Å². The molecule has 8 nitrogen and oxygen atoms in total. The first kappa shape index (κ1) is 18.9. The van der Waals surface area contributed by atoms with E-state index < -0.39 is 0 Å². The topological polar surface area (TPSA) is 86.0 Å². The van der Waals surface area contributed by atoms with Crippen molar-refractivity contribution in [3.05, 3.63) is 47.9 Å². The summed E-state index contributed by atoms with van der Waals surface area (Å²) in [6.45, 7) is 6.69. The van der Waals surface area contributed by atoms with Gasteiger partial charge < -0.3 is 20.1 Å². The van der Waals surface area contributed by atoms with Gasteiger partial charge in [-0.25, -0.2) is 0 Å². The Hall–Kier alpha value is -2.87. The van der Waals surface area contributed by atoms with Gasteiger partial charge in [0.25, 0.3) is 0 Å². The Morgan fingerprint density at radius 3 is 2.74 bits per heavy atom. The third-order valence-corrected chi connectivity index (χ3v) is 4.46. The third kappa shape index (κ3) is 5.55. The van der Waals surface area contributed by atoms with Gasteiger partial charge in [0.1, 0.15) is 6.26 Å². The average Bonchev–Trinajstić information content (AvgIpc) is 3.16. The highest BCUT2D eigenvalue weighted by Gasteiger charge is 2.20. The number of rotatable bonds is 5. The van der Waals surface area contributed by atoms with Gasteiger partial charge in [-0.15, -0.1) is 0 Å². The van der Waals surface area contributed by atoms with Crippen molar-refractivity contribution in [2.75, 3.05) is 38.5 Å². The highest BCUT2D eigenvalue weighted by molar-refractivity contribution is 5.88. The Bertz CT molecular complexity index is 766. The van der Waals surface area contributed by atoms with Crippen LogP contribution in [0.3, 0.4) is 0 Å². The van der Waals surface area contributed by atoms with Gasteiger partial charge in [-0.2, -0.15) is 0 Å². The molecule has 1 fully saturated rings. The van der Waals surface area contributed by atoms with Crippen LogP contribution >= 0.6 is 0 Å². The number of carbonyl (C=O) groups is 1. The summed E-state index contributed by atoms with van der Waals surface area (Å²) >= 11 is 0. The molecular formula is C19H26N6O2. The molecule has 0 spiro atoms. The number of carbonyl (C=O) groups excluding carboxylic acids is 1. The summed E-state index contributed by atoms with van der Waals surface area (Å²) < 4.78 is 4.90. The predicted octanol–water partition coefficient (Wildman–Crippen LogP) is 1.53. The van der Waals surface area contributed by atoms with E-state index in [0.717, 1.165) is 55.6 Å². The van der Waals surface area contributed by atoms with Crippen LogP contribution in [0.5, 0.6) is 0 Å². The van der Waals surface area contributed by atoms with Crippen LogP contribution in [0.15, 0.2) is 46.1 Å². The first-order chi connectivity index (χ1) is 13.1. The number of hydrogen-bond donors (Lipinski definition) is 2. The molecule has 0 radical (unpaired) electrons. The lowest BCUT2D eigenvalue weighted by molar-refractivity contribution is -0.114. The van der Waals surface area contributed by atoms with Crippen molar-refractivity contribution in [2.45, 2.75) is 20.0 Å². The number of nitrogens with zero attached hydrogens (tertiary/aromatic N) is 4. The average molecular weight is 370 g/mol. The SMILES string of the molecule is CN=C(NCc1cccc(NC(C)=O)c1)N1CCN(Cc2ccon2)CC1. The summed E-state index contributed by atoms with van der Waals surface area (Å²) in [5.41, 5.74) is 2.86. The van der Waals surface area contributed by atoms with Gasteiger partial charge in [-0.05, 0) is 17.7 Å². The highest BCUT2D eigenvalue weighted by Crippen LogP contribution is 2.11. The van der Waals surface area contributed by atoms with Gasteiger partial charge in [0.15, 0.2) is 5.96 Å². The second-order valence-corrected chi connectivity index (χ2v) is 6.54. The Labute approximate surface area is 159 Å². The largest absolute Gasteiger partial charge is 0.364 e. The maximum atomic E-state index is 11.2. The molecule has 1 aromatic heterocycles. The molecule has 0 aliphatic carbocycles. The molecule has 8 heteroatoms. The lowest BCUT2D eigenvalue weighted by Crippen LogP contribution is -2.52. The monoisotopic (exact) mass is 370 g/mol. The zero-order valence-electron chi connectivity index (χ0n) is 15.8. The Morgan fingerprint density at radius 2 is 2.07 bits per heavy atom. The van der Waals surface area contributed by atoms with E-state index >= 15 is 0 Å². The first-order valence-corrected chi connectivity index (χ1v) is 9.08. The van der Waals surface area contributed by atoms with Gasteiger partial charge in [-0.1, -0.05) is 17.3 Å². The van der Waals surface area contributed by atoms with Crippen molar-refractivity contribution in [2.24, 2.45) is 4.99 Å². The summed E-state index contributed by atoms with van der Waals surface area (Å²) in [6, 6.07) is 9.72. The fourth-order valence-electron chi connectivity index (χ4n) is 3.14. The minimum atomic E-state index is -0.0700. The molecule has 1 amide bonds. The lowest BCUT2D eigenvalue weighted by Gasteiger charge is -2.36. The van der Waals surface area contributed by atoms with Crippen molar-refractivity contribution in [1.82, 2.24) is 20.3 Å². The Morgan fingerprint density at radius 1 is 1.26 bits per heavy atom. The molecule has 0 bridgehead atoms. The number of amides is 1. The molecule has 1 saturated heterocycles. The van der Waals surface area contributed by atoms with E-state index in [0.29, 0.717) is 6.54 Å². The van der Waals surface area contributed by atoms with E-state index in [1.54, 1.807) is 13.3 Å². The molecule has 0 saturated carbocycles. The van der Waals surface area contributed by atoms with Crippen LogP contribution in [0.25, 0.3) is 0 Å². The second kappa shape index (κ2) is 9.18. The Kier molecular flexibility index (Phi) is 6.43. The number of benzene rings is 1. The van der Waals surface area contributed by atoms with Crippen LogP contribution in [0.1, 0.15) is 18.2 Å². The molecular weight excluding hydrogens is 344 g/mol. The molecule has 27 heavy (non-hydrogen) atoms. The van der Waals surface area contributed by atoms with Crippen LogP contribution in [0.2, 0.25) is 0 Å². The van der Waals surface area contributed by atoms with E-state index in [-0.39, 0.29) is 5.91 Å². The lowest BCUT2D eigenvalue weighted by atomic mass is 10.2. The zero-order valence-corrected chi connectivity index (χ0v) is 15.8. The van der Waals surface area contributed by atoms with Crippen molar-refractivity contribution in [1.29, 1.82) is 0 Å². The van der Waals surface area contributed by atoms with Gasteiger partial charge in [0, 0.05) is 65.0 Å². The molecule has 2 aromatic rings. The number of piperazine rings is 1. The maximum absolute atomic E-state index is 11.2. The summed E-state index contributed by atoms with van der Waals surface area (Å²) in [6.07, 6.45) is 1.61. The van der Waals surface area contributed by atoms with Gasteiger partial charge in [0.05, 0.1) is 5.69 Å². The summed E-state index contributed by atoms with van der Waals surface area (Å²) in [4.78, 5) is 20.2. The zero-order chi connectivity index (χ0) is 19.1. The molecule has 0 unspecified atom stereocenters. The van der Waals surface area contributed by atoms with Crippen molar-refractivity contribution < 1.29 is 9.32 Å². The number of guanidine groups is 1. The van der Waals surface area contributed by atoms with E-state index in [2.05, 4.69) is 30.6 Å². The molecule has 0 atom stereocenters. The molecule has 2 heterocycles. The normalized spacial score (nSPS) is 15.6. The van der Waals surface area contributed by atoms with Crippen LogP contribution in [0.4, 0.5) is 5.69 Å². The molecule has 1 aliphatic rings. The quantitative estimate of drug-likeness (QED) is 0.613. The van der Waals surface area contributed by atoms with E-state index in [1.807, 2.05) is 30.3 Å². The number of aliphatic imine (C=N–C) groups is 1. The van der Waals surface area contributed by atoms with E-state index in [4.69, 9.17) is 4.52 Å². The van der Waals surface area contributed by atoms with Crippen molar-refractivity contribution >= 4 is 17.6 Å². The highest BCUT2D eigenvalue weighted by atomic mass is 16.5. The molecule has 2 N–H and O–H groups in total. The second-order valence-electron chi connectivity index (χ2n) is 6.54. The van der Waals surface area contributed by atoms with Crippen LogP contribution in [0, 0.1) is 0 Å². The van der Waals surface area contributed by atoms with E-state index in [9.17, 15) is 4.79 Å². The van der Waals surface area contributed by atoms with Crippen molar-refractivity contribution in [3.63, 3.8) is 0 Å². The summed E-state index contributed by atoms with van der Waals surface area (Å²) in [7, 11) is 1.80. The molecule has 3 rings (SSSR count). The molecule has 1 aromatic carbocycles. The molecule has 144 valence electrons. The fraction of sp³-hybridized carbons (Fsp3) is 0.421. The minimum absolute atomic E-state index is 0.0700. The number of hydrogen-bond acceptors (Lipinski definition) is 5. The predicted molar refractivity (Wildman–Crippen MR) is 104 cm³/mol. The van der Waals surface area contributed by atoms with Crippen LogP contribution in [-0.4, -0.2) is 60.0 Å². The number of anilines is 1. The minimum Gasteiger partial charge on any atom is -0.364 e. The van der Waals surface area contributed by atoms with Crippen LogP contribution in [-0.2, 0) is 17.9 Å².